The second-order valence-electron chi connectivity index (χ2n) is 7.70. The lowest BCUT2D eigenvalue weighted by molar-refractivity contribution is -0.154. The van der Waals surface area contributed by atoms with Crippen molar-refractivity contribution < 1.29 is 19.4 Å². The number of hydrogen-bond acceptors (Lipinski definition) is 4. The van der Waals surface area contributed by atoms with Crippen molar-refractivity contribution in [1.29, 1.82) is 0 Å². The van der Waals surface area contributed by atoms with Crippen molar-refractivity contribution in [3.63, 3.8) is 0 Å². The second kappa shape index (κ2) is 22.4. The maximum absolute atomic E-state index is 11.7. The van der Waals surface area contributed by atoms with Gasteiger partial charge in [-0.2, -0.15) is 0 Å². The Hall–Kier alpha value is -0.870. The fourth-order valence-corrected chi connectivity index (χ4v) is 3.01. The van der Waals surface area contributed by atoms with E-state index in [9.17, 15) is 9.90 Å². The van der Waals surface area contributed by atoms with Gasteiger partial charge in [0.2, 0.25) is 0 Å². The van der Waals surface area contributed by atoms with Crippen molar-refractivity contribution in [3.05, 3.63) is 12.2 Å². The first-order chi connectivity index (χ1) is 13.7. The first-order valence-corrected chi connectivity index (χ1v) is 11.8. The van der Waals surface area contributed by atoms with Crippen LogP contribution in [0.1, 0.15) is 110 Å². The van der Waals surface area contributed by atoms with Gasteiger partial charge < -0.3 is 14.6 Å². The van der Waals surface area contributed by atoms with E-state index in [4.69, 9.17) is 9.47 Å². The largest absolute Gasteiger partial charge is 0.457 e. The van der Waals surface area contributed by atoms with Crippen molar-refractivity contribution in [2.75, 3.05) is 19.8 Å². The molecule has 0 aromatic rings. The molecule has 28 heavy (non-hydrogen) atoms. The predicted molar refractivity (Wildman–Crippen MR) is 118 cm³/mol. The lowest BCUT2D eigenvalue weighted by Crippen LogP contribution is -2.27. The summed E-state index contributed by atoms with van der Waals surface area (Å²) >= 11 is 0. The third-order valence-electron chi connectivity index (χ3n) is 4.84. The Morgan fingerprint density at radius 2 is 1.43 bits per heavy atom. The first-order valence-electron chi connectivity index (χ1n) is 11.8. The molecule has 1 unspecified atom stereocenters. The third kappa shape index (κ3) is 19.9. The van der Waals surface area contributed by atoms with Gasteiger partial charge in [0.05, 0.1) is 13.2 Å². The molecule has 0 radical (unpaired) electrons. The molecule has 1 atom stereocenters. The Morgan fingerprint density at radius 3 is 2.11 bits per heavy atom. The average molecular weight is 399 g/mol. The standard InChI is InChI=1S/C24H46O4/c1-3-5-7-9-10-11-12-13-14-15-16-18-20-27-22-23(21-25)28-24(26)19-17-8-6-4-2/h9-10,23,25H,3-8,11-22H2,1-2H3/b10-9-. The highest BCUT2D eigenvalue weighted by molar-refractivity contribution is 5.69. The summed E-state index contributed by atoms with van der Waals surface area (Å²) in [4.78, 5) is 11.7. The van der Waals surface area contributed by atoms with Gasteiger partial charge in [-0.25, -0.2) is 0 Å². The summed E-state index contributed by atoms with van der Waals surface area (Å²) in [6, 6.07) is 0. The molecule has 0 aliphatic rings. The molecule has 0 amide bonds. The molecular formula is C24H46O4. The van der Waals surface area contributed by atoms with Crippen LogP contribution < -0.4 is 0 Å². The quantitative estimate of drug-likeness (QED) is 0.139. The highest BCUT2D eigenvalue weighted by Crippen LogP contribution is 2.09. The van der Waals surface area contributed by atoms with E-state index in [1.54, 1.807) is 0 Å². The smallest absolute Gasteiger partial charge is 0.306 e. The predicted octanol–water partition coefficient (Wildman–Crippen LogP) is 6.35. The molecule has 1 N–H and O–H groups in total. The van der Waals surface area contributed by atoms with E-state index in [-0.39, 0.29) is 12.6 Å². The molecule has 0 aliphatic carbocycles. The lowest BCUT2D eigenvalue weighted by Gasteiger charge is -2.15. The molecule has 0 heterocycles. The van der Waals surface area contributed by atoms with Gasteiger partial charge in [0, 0.05) is 13.0 Å². The van der Waals surface area contributed by atoms with Gasteiger partial charge in [-0.15, -0.1) is 0 Å². The summed E-state index contributed by atoms with van der Waals surface area (Å²) in [5, 5.41) is 9.33. The van der Waals surface area contributed by atoms with Crippen LogP contribution in [0.2, 0.25) is 0 Å². The van der Waals surface area contributed by atoms with E-state index in [0.29, 0.717) is 19.6 Å². The summed E-state index contributed by atoms with van der Waals surface area (Å²) in [5.74, 6) is -0.223. The van der Waals surface area contributed by atoms with Crippen molar-refractivity contribution in [2.45, 2.75) is 116 Å². The Labute approximate surface area is 174 Å². The molecule has 0 rings (SSSR count). The molecule has 4 nitrogen and oxygen atoms in total. The minimum Gasteiger partial charge on any atom is -0.457 e. The summed E-state index contributed by atoms with van der Waals surface area (Å²) < 4.78 is 10.8. The van der Waals surface area contributed by atoms with Gasteiger partial charge in [-0.05, 0) is 32.1 Å². The van der Waals surface area contributed by atoms with Gasteiger partial charge >= 0.3 is 5.97 Å². The summed E-state index contributed by atoms with van der Waals surface area (Å²) in [5.41, 5.74) is 0. The van der Waals surface area contributed by atoms with E-state index >= 15 is 0 Å². The van der Waals surface area contributed by atoms with Gasteiger partial charge in [0.1, 0.15) is 6.10 Å². The number of rotatable bonds is 21. The zero-order valence-electron chi connectivity index (χ0n) is 18.6. The Balaban J connectivity index is 3.43. The Morgan fingerprint density at radius 1 is 0.821 bits per heavy atom. The first kappa shape index (κ1) is 27.1. The van der Waals surface area contributed by atoms with Gasteiger partial charge in [0.15, 0.2) is 0 Å². The number of aliphatic hydroxyl groups is 1. The number of hydrogen-bond donors (Lipinski definition) is 1. The van der Waals surface area contributed by atoms with Crippen molar-refractivity contribution in [1.82, 2.24) is 0 Å². The zero-order chi connectivity index (χ0) is 20.7. The average Bonchev–Trinajstić information content (AvgIpc) is 2.70. The van der Waals surface area contributed by atoms with Gasteiger partial charge in [-0.3, -0.25) is 4.79 Å². The van der Waals surface area contributed by atoms with Crippen LogP contribution in [-0.4, -0.2) is 37.0 Å². The molecule has 4 heteroatoms. The molecule has 0 saturated heterocycles. The van der Waals surface area contributed by atoms with Crippen molar-refractivity contribution in [2.24, 2.45) is 0 Å². The Bertz CT molecular complexity index is 355. The number of carbonyl (C=O) groups excluding carboxylic acids is 1. The summed E-state index contributed by atoms with van der Waals surface area (Å²) in [7, 11) is 0. The SMILES string of the molecule is CCCC/C=C\CCCCCCCCOCC(CO)OC(=O)CCCCCC. The van der Waals surface area contributed by atoms with Crippen molar-refractivity contribution >= 4 is 5.97 Å². The fraction of sp³-hybridized carbons (Fsp3) is 0.875. The number of carbonyl (C=O) groups is 1. The monoisotopic (exact) mass is 398 g/mol. The fourth-order valence-electron chi connectivity index (χ4n) is 3.01. The molecule has 166 valence electrons. The van der Waals surface area contributed by atoms with Crippen LogP contribution in [0.15, 0.2) is 12.2 Å². The summed E-state index contributed by atoms with van der Waals surface area (Å²) in [6.45, 7) is 5.17. The maximum Gasteiger partial charge on any atom is 0.306 e. The topological polar surface area (TPSA) is 55.8 Å². The zero-order valence-corrected chi connectivity index (χ0v) is 18.6. The van der Waals surface area contributed by atoms with Crippen LogP contribution in [0.5, 0.6) is 0 Å². The van der Waals surface area contributed by atoms with Crippen LogP contribution in [-0.2, 0) is 14.3 Å². The van der Waals surface area contributed by atoms with E-state index in [1.165, 1.54) is 57.8 Å². The molecule has 0 aromatic heterocycles. The lowest BCUT2D eigenvalue weighted by atomic mass is 10.1. The Kier molecular flexibility index (Phi) is 21.7. The van der Waals surface area contributed by atoms with E-state index < -0.39 is 6.10 Å². The van der Waals surface area contributed by atoms with Gasteiger partial charge in [0.25, 0.3) is 0 Å². The normalized spacial score (nSPS) is 12.5. The molecular weight excluding hydrogens is 352 g/mol. The van der Waals surface area contributed by atoms with Crippen LogP contribution in [0.4, 0.5) is 0 Å². The third-order valence-corrected chi connectivity index (χ3v) is 4.84. The maximum atomic E-state index is 11.7. The molecule has 0 aliphatic heterocycles. The molecule has 0 fully saturated rings. The van der Waals surface area contributed by atoms with E-state index in [1.807, 2.05) is 0 Å². The minimum absolute atomic E-state index is 0.173. The minimum atomic E-state index is -0.524. The number of allylic oxidation sites excluding steroid dienone is 2. The highest BCUT2D eigenvalue weighted by atomic mass is 16.6. The molecule has 0 spiro atoms. The van der Waals surface area contributed by atoms with Crippen LogP contribution >= 0.6 is 0 Å². The van der Waals surface area contributed by atoms with Crippen LogP contribution in [0.3, 0.4) is 0 Å². The molecule has 0 saturated carbocycles. The second-order valence-corrected chi connectivity index (χ2v) is 7.70. The molecule has 0 aromatic carbocycles. The number of aliphatic hydroxyl groups excluding tert-OH is 1. The number of unbranched alkanes of at least 4 members (excludes halogenated alkanes) is 11. The number of esters is 1. The summed E-state index contributed by atoms with van der Waals surface area (Å²) in [6.07, 6.45) is 21.1. The number of ether oxygens (including phenoxy) is 2. The molecule has 0 bridgehead atoms. The van der Waals surface area contributed by atoms with Gasteiger partial charge in [-0.1, -0.05) is 83.8 Å². The van der Waals surface area contributed by atoms with E-state index in [0.717, 1.165) is 32.1 Å². The van der Waals surface area contributed by atoms with Crippen molar-refractivity contribution in [3.8, 4) is 0 Å². The van der Waals surface area contributed by atoms with Crippen LogP contribution in [0.25, 0.3) is 0 Å². The van der Waals surface area contributed by atoms with Crippen LogP contribution in [0, 0.1) is 0 Å². The highest BCUT2D eigenvalue weighted by Gasteiger charge is 2.13. The van der Waals surface area contributed by atoms with E-state index in [2.05, 4.69) is 26.0 Å².